The molecule has 1 heterocycles. The van der Waals surface area contributed by atoms with Gasteiger partial charge in [0.2, 0.25) is 0 Å². The number of nitrogens with two attached hydrogens (primary N) is 1. The maximum atomic E-state index is 13.4. The summed E-state index contributed by atoms with van der Waals surface area (Å²) in [5.41, 5.74) is 6.44. The molecule has 0 fully saturated rings. The normalized spacial score (nSPS) is 12.4. The second-order valence-electron chi connectivity index (χ2n) is 3.88. The molecule has 0 aliphatic rings. The number of aromatic nitrogens is 1. The van der Waals surface area contributed by atoms with Crippen LogP contribution < -0.4 is 5.73 Å². The van der Waals surface area contributed by atoms with Gasteiger partial charge in [0.15, 0.2) is 0 Å². The van der Waals surface area contributed by atoms with Crippen LogP contribution in [0.2, 0.25) is 0 Å². The second-order valence-corrected chi connectivity index (χ2v) is 5.00. The van der Waals surface area contributed by atoms with Crippen LogP contribution in [-0.4, -0.2) is 4.98 Å². The van der Waals surface area contributed by atoms with Gasteiger partial charge in [0.05, 0.1) is 10.6 Å². The first kappa shape index (κ1) is 13.0. The van der Waals surface area contributed by atoms with E-state index in [2.05, 4.69) is 4.98 Å². The topological polar surface area (TPSA) is 38.9 Å². The number of rotatable bonds is 3. The molecular formula is C13H12F2N2S. The average Bonchev–Trinajstić information content (AvgIpc) is 2.34. The molecule has 1 aromatic heterocycles. The number of benzene rings is 1. The standard InChI is InChI=1S/C13H12F2N2S/c1-8(16)12-5-3-10(7-17-12)18-13-6-9(14)2-4-11(13)15/h2-8H,16H2,1H3. The first-order valence-corrected chi connectivity index (χ1v) is 6.22. The van der Waals surface area contributed by atoms with Gasteiger partial charge in [-0.3, -0.25) is 4.98 Å². The minimum atomic E-state index is -0.459. The van der Waals surface area contributed by atoms with Crippen molar-refractivity contribution in [3.8, 4) is 0 Å². The van der Waals surface area contributed by atoms with Gasteiger partial charge in [0.1, 0.15) is 11.6 Å². The van der Waals surface area contributed by atoms with Gasteiger partial charge in [-0.25, -0.2) is 8.78 Å². The highest BCUT2D eigenvalue weighted by molar-refractivity contribution is 7.99. The summed E-state index contributed by atoms with van der Waals surface area (Å²) in [5, 5.41) is 0. The highest BCUT2D eigenvalue weighted by Crippen LogP contribution is 2.30. The van der Waals surface area contributed by atoms with Crippen LogP contribution >= 0.6 is 11.8 Å². The number of hydrogen-bond donors (Lipinski definition) is 1. The Balaban J connectivity index is 2.21. The third-order valence-corrected chi connectivity index (χ3v) is 3.36. The molecule has 5 heteroatoms. The number of hydrogen-bond acceptors (Lipinski definition) is 3. The quantitative estimate of drug-likeness (QED) is 0.923. The van der Waals surface area contributed by atoms with Crippen molar-refractivity contribution in [3.05, 3.63) is 53.9 Å². The maximum absolute atomic E-state index is 13.4. The Kier molecular flexibility index (Phi) is 3.93. The molecule has 2 aromatic rings. The molecule has 2 rings (SSSR count). The largest absolute Gasteiger partial charge is 0.323 e. The van der Waals surface area contributed by atoms with E-state index in [-0.39, 0.29) is 10.9 Å². The summed E-state index contributed by atoms with van der Waals surface area (Å²) < 4.78 is 26.4. The van der Waals surface area contributed by atoms with E-state index in [0.717, 1.165) is 34.5 Å². The Bertz CT molecular complexity index is 541. The Morgan fingerprint density at radius 1 is 1.22 bits per heavy atom. The fraction of sp³-hybridized carbons (Fsp3) is 0.154. The van der Waals surface area contributed by atoms with Gasteiger partial charge in [-0.2, -0.15) is 0 Å². The zero-order valence-electron chi connectivity index (χ0n) is 9.73. The van der Waals surface area contributed by atoms with E-state index < -0.39 is 11.6 Å². The van der Waals surface area contributed by atoms with E-state index in [1.54, 1.807) is 18.3 Å². The molecule has 0 spiro atoms. The molecular weight excluding hydrogens is 254 g/mol. The first-order chi connectivity index (χ1) is 8.56. The van der Waals surface area contributed by atoms with Crippen molar-refractivity contribution < 1.29 is 8.78 Å². The van der Waals surface area contributed by atoms with Crippen molar-refractivity contribution in [3.63, 3.8) is 0 Å². The summed E-state index contributed by atoms with van der Waals surface area (Å²) in [6.07, 6.45) is 1.60. The lowest BCUT2D eigenvalue weighted by atomic mass is 10.2. The van der Waals surface area contributed by atoms with Crippen LogP contribution in [0.15, 0.2) is 46.3 Å². The molecule has 0 saturated heterocycles. The summed E-state index contributed by atoms with van der Waals surface area (Å²) in [7, 11) is 0. The zero-order valence-corrected chi connectivity index (χ0v) is 10.5. The van der Waals surface area contributed by atoms with E-state index in [1.807, 2.05) is 6.92 Å². The smallest absolute Gasteiger partial charge is 0.137 e. The Labute approximate surface area is 108 Å². The number of pyridine rings is 1. The minimum absolute atomic E-state index is 0.144. The van der Waals surface area contributed by atoms with Gasteiger partial charge in [0, 0.05) is 17.1 Å². The van der Waals surface area contributed by atoms with Gasteiger partial charge in [-0.15, -0.1) is 0 Å². The maximum Gasteiger partial charge on any atom is 0.137 e. The monoisotopic (exact) mass is 266 g/mol. The van der Waals surface area contributed by atoms with Crippen LogP contribution in [0.5, 0.6) is 0 Å². The van der Waals surface area contributed by atoms with Crippen LogP contribution in [0.3, 0.4) is 0 Å². The second kappa shape index (κ2) is 5.46. The minimum Gasteiger partial charge on any atom is -0.323 e. The van der Waals surface area contributed by atoms with Crippen molar-refractivity contribution in [2.75, 3.05) is 0 Å². The molecule has 0 bridgehead atoms. The van der Waals surface area contributed by atoms with E-state index >= 15 is 0 Å². The fourth-order valence-electron chi connectivity index (χ4n) is 1.40. The van der Waals surface area contributed by atoms with E-state index in [0.29, 0.717) is 0 Å². The fourth-order valence-corrected chi connectivity index (χ4v) is 2.24. The lowest BCUT2D eigenvalue weighted by Crippen LogP contribution is -2.06. The Morgan fingerprint density at radius 3 is 2.61 bits per heavy atom. The molecule has 1 unspecified atom stereocenters. The molecule has 0 radical (unpaired) electrons. The van der Waals surface area contributed by atoms with Gasteiger partial charge in [0.25, 0.3) is 0 Å². The summed E-state index contributed by atoms with van der Waals surface area (Å²) in [4.78, 5) is 5.15. The van der Waals surface area contributed by atoms with Gasteiger partial charge < -0.3 is 5.73 Å². The zero-order chi connectivity index (χ0) is 13.1. The van der Waals surface area contributed by atoms with E-state index in [1.165, 1.54) is 6.07 Å². The van der Waals surface area contributed by atoms with Gasteiger partial charge >= 0.3 is 0 Å². The molecule has 0 saturated carbocycles. The van der Waals surface area contributed by atoms with Crippen LogP contribution in [0.25, 0.3) is 0 Å². The van der Waals surface area contributed by atoms with Crippen LogP contribution in [-0.2, 0) is 0 Å². The van der Waals surface area contributed by atoms with Gasteiger partial charge in [-0.1, -0.05) is 11.8 Å². The molecule has 0 aliphatic carbocycles. The van der Waals surface area contributed by atoms with Crippen molar-refractivity contribution >= 4 is 11.8 Å². The summed E-state index contributed by atoms with van der Waals surface area (Å²) in [5.74, 6) is -0.906. The highest BCUT2D eigenvalue weighted by atomic mass is 32.2. The Hall–Kier alpha value is -1.46. The summed E-state index contributed by atoms with van der Waals surface area (Å²) >= 11 is 1.13. The van der Waals surface area contributed by atoms with Gasteiger partial charge in [-0.05, 0) is 37.3 Å². The molecule has 18 heavy (non-hydrogen) atoms. The van der Waals surface area contributed by atoms with Crippen LogP contribution in [0.1, 0.15) is 18.7 Å². The predicted molar refractivity (Wildman–Crippen MR) is 67.3 cm³/mol. The third kappa shape index (κ3) is 3.05. The van der Waals surface area contributed by atoms with Crippen LogP contribution in [0, 0.1) is 11.6 Å². The summed E-state index contributed by atoms with van der Waals surface area (Å²) in [6, 6.07) is 6.80. The van der Waals surface area contributed by atoms with Crippen molar-refractivity contribution in [2.24, 2.45) is 5.73 Å². The third-order valence-electron chi connectivity index (χ3n) is 2.35. The molecule has 2 N–H and O–H groups in total. The SMILES string of the molecule is CC(N)c1ccc(Sc2cc(F)ccc2F)cn1. The lowest BCUT2D eigenvalue weighted by Gasteiger charge is -2.06. The molecule has 1 atom stereocenters. The van der Waals surface area contributed by atoms with Crippen molar-refractivity contribution in [2.45, 2.75) is 22.8 Å². The van der Waals surface area contributed by atoms with Crippen molar-refractivity contribution in [1.82, 2.24) is 4.98 Å². The summed E-state index contributed by atoms with van der Waals surface area (Å²) in [6.45, 7) is 1.83. The van der Waals surface area contributed by atoms with E-state index in [4.69, 9.17) is 5.73 Å². The average molecular weight is 266 g/mol. The van der Waals surface area contributed by atoms with Crippen LogP contribution in [0.4, 0.5) is 8.78 Å². The molecule has 94 valence electrons. The first-order valence-electron chi connectivity index (χ1n) is 5.40. The molecule has 2 nitrogen and oxygen atoms in total. The highest BCUT2D eigenvalue weighted by Gasteiger charge is 2.07. The molecule has 1 aromatic carbocycles. The Morgan fingerprint density at radius 2 is 2.00 bits per heavy atom. The van der Waals surface area contributed by atoms with E-state index in [9.17, 15) is 8.78 Å². The molecule has 0 aliphatic heterocycles. The number of halogens is 2. The molecule has 0 amide bonds. The number of nitrogens with zero attached hydrogens (tertiary/aromatic N) is 1. The van der Waals surface area contributed by atoms with Crippen molar-refractivity contribution in [1.29, 1.82) is 0 Å². The predicted octanol–water partition coefficient (Wildman–Crippen LogP) is 3.53. The lowest BCUT2D eigenvalue weighted by molar-refractivity contribution is 0.577.